The van der Waals surface area contributed by atoms with Gasteiger partial charge in [-0.2, -0.15) is 0 Å². The van der Waals surface area contributed by atoms with Gasteiger partial charge < -0.3 is 0 Å². The fourth-order valence-corrected chi connectivity index (χ4v) is 2.66. The molecule has 0 spiro atoms. The van der Waals surface area contributed by atoms with E-state index in [0.717, 1.165) is 11.6 Å². The third kappa shape index (κ3) is 3.32. The van der Waals surface area contributed by atoms with Crippen molar-refractivity contribution >= 4 is 17.4 Å². The maximum absolute atomic E-state index is 13.8. The Hall–Kier alpha value is -1.88. The summed E-state index contributed by atoms with van der Waals surface area (Å²) in [6.07, 6.45) is 0. The van der Waals surface area contributed by atoms with Crippen LogP contribution in [0.5, 0.6) is 0 Å². The molecule has 98 valence electrons. The average molecular weight is 277 g/mol. The fraction of sp³-hybridized carbons (Fsp3) is 0.143. The zero-order valence-corrected chi connectivity index (χ0v) is 11.1. The maximum atomic E-state index is 13.8. The van der Waals surface area contributed by atoms with Gasteiger partial charge in [0.2, 0.25) is 0 Å². The summed E-state index contributed by atoms with van der Waals surface area (Å²) in [6, 6.07) is 12.2. The molecule has 0 saturated carbocycles. The van der Waals surface area contributed by atoms with Gasteiger partial charge in [0.1, 0.15) is 5.82 Å². The number of hydrogen-bond donors (Lipinski definition) is 0. The number of nitro groups is 1. The SMILES string of the molecule is Cc1cc(SCc2ccccc2)c(F)cc1[N+](=O)[O-]. The smallest absolute Gasteiger partial charge is 0.258 e. The molecular formula is C14H12FNO2S. The lowest BCUT2D eigenvalue weighted by Gasteiger charge is -2.05. The van der Waals surface area contributed by atoms with E-state index >= 15 is 0 Å². The molecule has 0 amide bonds. The lowest BCUT2D eigenvalue weighted by molar-refractivity contribution is -0.385. The highest BCUT2D eigenvalue weighted by Gasteiger charge is 2.15. The highest BCUT2D eigenvalue weighted by Crippen LogP contribution is 2.30. The largest absolute Gasteiger partial charge is 0.275 e. The second-order valence-corrected chi connectivity index (χ2v) is 5.12. The molecule has 0 aromatic heterocycles. The van der Waals surface area contributed by atoms with Crippen LogP contribution in [0.2, 0.25) is 0 Å². The van der Waals surface area contributed by atoms with Crippen LogP contribution in [-0.2, 0) is 5.75 Å². The standard InChI is InChI=1S/C14H12FNO2S/c1-10-7-14(12(15)8-13(10)16(17)18)19-9-11-5-3-2-4-6-11/h2-8H,9H2,1H3. The molecule has 0 aliphatic carbocycles. The normalized spacial score (nSPS) is 10.4. The first-order chi connectivity index (χ1) is 9.08. The van der Waals surface area contributed by atoms with Gasteiger partial charge in [-0.1, -0.05) is 30.3 Å². The minimum Gasteiger partial charge on any atom is -0.258 e. The molecule has 0 radical (unpaired) electrons. The molecule has 0 atom stereocenters. The first-order valence-electron chi connectivity index (χ1n) is 5.69. The quantitative estimate of drug-likeness (QED) is 0.474. The molecule has 2 rings (SSSR count). The number of nitrogens with zero attached hydrogens (tertiary/aromatic N) is 1. The summed E-state index contributed by atoms with van der Waals surface area (Å²) in [5, 5.41) is 10.7. The minimum absolute atomic E-state index is 0.179. The third-order valence-electron chi connectivity index (χ3n) is 2.68. The molecule has 0 fully saturated rings. The molecule has 0 bridgehead atoms. The van der Waals surface area contributed by atoms with E-state index < -0.39 is 10.7 Å². The molecule has 19 heavy (non-hydrogen) atoms. The Labute approximate surface area is 114 Å². The topological polar surface area (TPSA) is 43.1 Å². The van der Waals surface area contributed by atoms with Crippen molar-refractivity contribution in [1.29, 1.82) is 0 Å². The summed E-state index contributed by atoms with van der Waals surface area (Å²) < 4.78 is 13.8. The van der Waals surface area contributed by atoms with Gasteiger partial charge in [0, 0.05) is 16.2 Å². The number of rotatable bonds is 4. The van der Waals surface area contributed by atoms with Crippen LogP contribution in [0.3, 0.4) is 0 Å². The maximum Gasteiger partial charge on any atom is 0.275 e. The van der Waals surface area contributed by atoms with Crippen molar-refractivity contribution in [3.63, 3.8) is 0 Å². The van der Waals surface area contributed by atoms with E-state index in [1.165, 1.54) is 17.8 Å². The Morgan fingerprint density at radius 3 is 2.58 bits per heavy atom. The van der Waals surface area contributed by atoms with Crippen LogP contribution in [-0.4, -0.2) is 4.92 Å². The van der Waals surface area contributed by atoms with Gasteiger partial charge in [0.05, 0.1) is 11.0 Å². The van der Waals surface area contributed by atoms with Crippen molar-refractivity contribution in [1.82, 2.24) is 0 Å². The predicted octanol–water partition coefficient (Wildman–Crippen LogP) is 4.33. The zero-order valence-electron chi connectivity index (χ0n) is 10.3. The van der Waals surface area contributed by atoms with Crippen molar-refractivity contribution in [3.05, 3.63) is 69.5 Å². The number of nitro benzene ring substituents is 1. The van der Waals surface area contributed by atoms with Gasteiger partial charge in [0.15, 0.2) is 0 Å². The van der Waals surface area contributed by atoms with Crippen LogP contribution in [0, 0.1) is 22.9 Å². The van der Waals surface area contributed by atoms with Crippen LogP contribution in [0.15, 0.2) is 47.4 Å². The Bertz CT molecular complexity index is 602. The van der Waals surface area contributed by atoms with Gasteiger partial charge in [0.25, 0.3) is 5.69 Å². The Morgan fingerprint density at radius 2 is 1.95 bits per heavy atom. The highest BCUT2D eigenvalue weighted by atomic mass is 32.2. The number of thioether (sulfide) groups is 1. The highest BCUT2D eigenvalue weighted by molar-refractivity contribution is 7.98. The minimum atomic E-state index is -0.565. The Morgan fingerprint density at radius 1 is 1.26 bits per heavy atom. The zero-order chi connectivity index (χ0) is 13.8. The Kier molecular flexibility index (Phi) is 4.16. The van der Waals surface area contributed by atoms with Crippen LogP contribution in [0.1, 0.15) is 11.1 Å². The fourth-order valence-electron chi connectivity index (χ4n) is 1.69. The van der Waals surface area contributed by atoms with E-state index in [2.05, 4.69) is 0 Å². The average Bonchev–Trinajstić information content (AvgIpc) is 2.40. The first-order valence-corrected chi connectivity index (χ1v) is 6.68. The van der Waals surface area contributed by atoms with Crippen molar-refractivity contribution in [2.45, 2.75) is 17.6 Å². The molecule has 0 unspecified atom stereocenters. The molecule has 2 aromatic carbocycles. The molecule has 0 aliphatic heterocycles. The van der Waals surface area contributed by atoms with Crippen molar-refractivity contribution < 1.29 is 9.31 Å². The second-order valence-electron chi connectivity index (χ2n) is 4.10. The molecular weight excluding hydrogens is 265 g/mol. The van der Waals surface area contributed by atoms with E-state index in [9.17, 15) is 14.5 Å². The van der Waals surface area contributed by atoms with Crippen molar-refractivity contribution in [2.75, 3.05) is 0 Å². The van der Waals surface area contributed by atoms with Crippen LogP contribution in [0.4, 0.5) is 10.1 Å². The van der Waals surface area contributed by atoms with E-state index in [4.69, 9.17) is 0 Å². The van der Waals surface area contributed by atoms with Gasteiger partial charge in [-0.25, -0.2) is 4.39 Å². The van der Waals surface area contributed by atoms with Gasteiger partial charge in [-0.3, -0.25) is 10.1 Å². The summed E-state index contributed by atoms with van der Waals surface area (Å²) in [5.41, 5.74) is 1.38. The molecule has 0 aliphatic rings. The number of aryl methyl sites for hydroxylation is 1. The summed E-state index contributed by atoms with van der Waals surface area (Å²) in [6.45, 7) is 1.62. The van der Waals surface area contributed by atoms with Crippen LogP contribution in [0.25, 0.3) is 0 Å². The molecule has 0 saturated heterocycles. The molecule has 5 heteroatoms. The number of benzene rings is 2. The van der Waals surface area contributed by atoms with Crippen LogP contribution < -0.4 is 0 Å². The van der Waals surface area contributed by atoms with E-state index in [1.807, 2.05) is 30.3 Å². The van der Waals surface area contributed by atoms with Gasteiger partial charge >= 0.3 is 0 Å². The van der Waals surface area contributed by atoms with E-state index in [-0.39, 0.29) is 5.69 Å². The summed E-state index contributed by atoms with van der Waals surface area (Å²) in [4.78, 5) is 10.6. The van der Waals surface area contributed by atoms with E-state index in [0.29, 0.717) is 16.2 Å². The monoisotopic (exact) mass is 277 g/mol. The molecule has 3 nitrogen and oxygen atoms in total. The summed E-state index contributed by atoms with van der Waals surface area (Å²) in [7, 11) is 0. The lowest BCUT2D eigenvalue weighted by Crippen LogP contribution is -1.94. The summed E-state index contributed by atoms with van der Waals surface area (Å²) >= 11 is 1.34. The molecule has 0 N–H and O–H groups in total. The van der Waals surface area contributed by atoms with Crippen LogP contribution >= 0.6 is 11.8 Å². The Balaban J connectivity index is 2.17. The number of halogens is 1. The first kappa shape index (κ1) is 13.5. The molecule has 2 aromatic rings. The summed E-state index contributed by atoms with van der Waals surface area (Å²) in [5.74, 6) is 0.0906. The number of hydrogen-bond acceptors (Lipinski definition) is 3. The lowest BCUT2D eigenvalue weighted by atomic mass is 10.2. The van der Waals surface area contributed by atoms with E-state index in [1.54, 1.807) is 6.92 Å². The molecule has 0 heterocycles. The predicted molar refractivity (Wildman–Crippen MR) is 73.8 cm³/mol. The second kappa shape index (κ2) is 5.84. The third-order valence-corrected chi connectivity index (χ3v) is 3.79. The van der Waals surface area contributed by atoms with Gasteiger partial charge in [-0.05, 0) is 18.6 Å². The van der Waals surface area contributed by atoms with Crippen molar-refractivity contribution in [2.24, 2.45) is 0 Å². The van der Waals surface area contributed by atoms with Crippen molar-refractivity contribution in [3.8, 4) is 0 Å². The van der Waals surface area contributed by atoms with Gasteiger partial charge in [-0.15, -0.1) is 11.8 Å².